The van der Waals surface area contributed by atoms with E-state index >= 15 is 0 Å². The molecule has 3 aliphatic rings. The molecular formula is C28H40N2O6. The van der Waals surface area contributed by atoms with E-state index in [9.17, 15) is 9.59 Å². The Labute approximate surface area is 214 Å². The molecule has 198 valence electrons. The Morgan fingerprint density at radius 1 is 1.03 bits per heavy atom. The number of Topliss-reactive ketones (excluding diaryl/α,β-unsaturated/α-hetero) is 1. The summed E-state index contributed by atoms with van der Waals surface area (Å²) < 4.78 is 23.0. The molecule has 8 heteroatoms. The summed E-state index contributed by atoms with van der Waals surface area (Å²) in [4.78, 5) is 31.8. The maximum Gasteiger partial charge on any atom is 0.290 e. The van der Waals surface area contributed by atoms with Gasteiger partial charge in [0.05, 0.1) is 38.9 Å². The van der Waals surface area contributed by atoms with Crippen LogP contribution in [0.1, 0.15) is 58.1 Å². The summed E-state index contributed by atoms with van der Waals surface area (Å²) in [6, 6.07) is 3.13. The number of hydrogen-bond acceptors (Lipinski definition) is 7. The van der Waals surface area contributed by atoms with Crippen LogP contribution in [0, 0.1) is 11.8 Å². The zero-order chi connectivity index (χ0) is 26.0. The lowest BCUT2D eigenvalue weighted by atomic mass is 9.74. The van der Waals surface area contributed by atoms with Gasteiger partial charge in [0, 0.05) is 6.54 Å². The molecule has 0 bridgehead atoms. The van der Waals surface area contributed by atoms with Crippen molar-refractivity contribution in [1.29, 1.82) is 0 Å². The largest absolute Gasteiger partial charge is 0.493 e. The Hall–Kier alpha value is -2.74. The molecule has 4 unspecified atom stereocenters. The predicted molar refractivity (Wildman–Crippen MR) is 136 cm³/mol. The predicted octanol–water partition coefficient (Wildman–Crippen LogP) is 3.99. The highest BCUT2D eigenvalue weighted by atomic mass is 16.5. The molecule has 1 aliphatic carbocycles. The first-order valence-corrected chi connectivity index (χ1v) is 13.2. The van der Waals surface area contributed by atoms with Crippen molar-refractivity contribution in [3.05, 3.63) is 29.0 Å². The highest BCUT2D eigenvalue weighted by Gasteiger charge is 2.52. The number of hydrogen-bond donors (Lipinski definition) is 0. The van der Waals surface area contributed by atoms with E-state index in [2.05, 4.69) is 25.7 Å². The fourth-order valence-corrected chi connectivity index (χ4v) is 5.97. The maximum absolute atomic E-state index is 14.0. The van der Waals surface area contributed by atoms with Crippen molar-refractivity contribution >= 4 is 11.7 Å². The molecular weight excluding hydrogens is 460 g/mol. The minimum atomic E-state index is -0.552. The van der Waals surface area contributed by atoms with E-state index in [1.807, 2.05) is 12.1 Å². The van der Waals surface area contributed by atoms with Crippen molar-refractivity contribution < 1.29 is 28.5 Å². The molecule has 4 atom stereocenters. The molecule has 0 saturated heterocycles. The third-order valence-corrected chi connectivity index (χ3v) is 7.98. The van der Waals surface area contributed by atoms with Crippen molar-refractivity contribution in [2.45, 2.75) is 58.6 Å². The summed E-state index contributed by atoms with van der Waals surface area (Å²) in [7, 11) is 4.69. The molecule has 2 aliphatic heterocycles. The van der Waals surface area contributed by atoms with Gasteiger partial charge in [-0.1, -0.05) is 20.8 Å². The summed E-state index contributed by atoms with van der Waals surface area (Å²) in [5, 5.41) is 0. The molecule has 1 aromatic carbocycles. The average Bonchev–Trinajstić information content (AvgIpc) is 3.17. The molecule has 0 N–H and O–H groups in total. The Balaban J connectivity index is 1.76. The van der Waals surface area contributed by atoms with Gasteiger partial charge < -0.3 is 28.7 Å². The number of benzene rings is 1. The van der Waals surface area contributed by atoms with E-state index in [1.165, 1.54) is 0 Å². The fourth-order valence-electron chi connectivity index (χ4n) is 5.97. The van der Waals surface area contributed by atoms with Crippen LogP contribution in [0.15, 0.2) is 23.5 Å². The quantitative estimate of drug-likeness (QED) is 0.481. The van der Waals surface area contributed by atoms with Crippen molar-refractivity contribution in [3.63, 3.8) is 0 Å². The second-order valence-electron chi connectivity index (χ2n) is 10.0. The first-order chi connectivity index (χ1) is 17.4. The van der Waals surface area contributed by atoms with Gasteiger partial charge in [-0.05, 0) is 68.9 Å². The summed E-state index contributed by atoms with van der Waals surface area (Å²) >= 11 is 0. The van der Waals surface area contributed by atoms with Crippen molar-refractivity contribution in [2.24, 2.45) is 11.8 Å². The molecule has 0 aromatic heterocycles. The molecule has 1 aromatic rings. The lowest BCUT2D eigenvalue weighted by molar-refractivity contribution is -0.136. The highest BCUT2D eigenvalue weighted by Crippen LogP contribution is 2.50. The Morgan fingerprint density at radius 2 is 1.69 bits per heavy atom. The fraction of sp³-hybridized carbons (Fsp3) is 0.643. The van der Waals surface area contributed by atoms with Crippen LogP contribution in [-0.4, -0.2) is 75.1 Å². The summed E-state index contributed by atoms with van der Waals surface area (Å²) in [6.07, 6.45) is 3.19. The van der Waals surface area contributed by atoms with Crippen LogP contribution in [0.2, 0.25) is 0 Å². The minimum Gasteiger partial charge on any atom is -0.493 e. The molecule has 0 spiro atoms. The van der Waals surface area contributed by atoms with Crippen LogP contribution in [0.3, 0.4) is 0 Å². The molecule has 1 amide bonds. The van der Waals surface area contributed by atoms with Gasteiger partial charge in [0.25, 0.3) is 5.91 Å². The topological polar surface area (TPSA) is 77.5 Å². The number of fused-ring (bicyclic) bond motifs is 1. The summed E-state index contributed by atoms with van der Waals surface area (Å²) in [6.45, 7) is 9.77. The Morgan fingerprint density at radius 3 is 2.28 bits per heavy atom. The average molecular weight is 501 g/mol. The third kappa shape index (κ3) is 4.67. The number of rotatable bonds is 10. The van der Waals surface area contributed by atoms with Crippen LogP contribution < -0.4 is 14.2 Å². The first-order valence-electron chi connectivity index (χ1n) is 13.2. The van der Waals surface area contributed by atoms with Crippen molar-refractivity contribution in [2.75, 3.05) is 47.5 Å². The van der Waals surface area contributed by atoms with Gasteiger partial charge in [0.2, 0.25) is 5.75 Å². The van der Waals surface area contributed by atoms with Crippen LogP contribution in [0.4, 0.5) is 0 Å². The monoisotopic (exact) mass is 500 g/mol. The maximum atomic E-state index is 14.0. The second kappa shape index (κ2) is 11.1. The zero-order valence-corrected chi connectivity index (χ0v) is 22.5. The number of nitrogens with zero attached hydrogens (tertiary/aromatic N) is 2. The molecule has 4 rings (SSSR count). The molecule has 2 heterocycles. The van der Waals surface area contributed by atoms with E-state index in [1.54, 1.807) is 26.2 Å². The molecule has 1 saturated carbocycles. The van der Waals surface area contributed by atoms with Crippen molar-refractivity contribution in [1.82, 2.24) is 9.80 Å². The van der Waals surface area contributed by atoms with Gasteiger partial charge in [-0.2, -0.15) is 0 Å². The second-order valence-corrected chi connectivity index (χ2v) is 10.0. The van der Waals surface area contributed by atoms with Gasteiger partial charge in [-0.3, -0.25) is 9.59 Å². The first kappa shape index (κ1) is 26.3. The molecule has 1 fully saturated rings. The number of methoxy groups -OCH3 is 3. The van der Waals surface area contributed by atoms with Gasteiger partial charge in [-0.25, -0.2) is 0 Å². The minimum absolute atomic E-state index is 0.0474. The van der Waals surface area contributed by atoms with E-state index < -0.39 is 6.04 Å². The summed E-state index contributed by atoms with van der Waals surface area (Å²) in [5.41, 5.74) is 1.23. The van der Waals surface area contributed by atoms with Crippen molar-refractivity contribution in [3.8, 4) is 17.2 Å². The molecule has 0 radical (unpaired) electrons. The number of carbonyl (C=O) groups is 2. The normalized spacial score (nSPS) is 25.6. The lowest BCUT2D eigenvalue weighted by Crippen LogP contribution is -2.41. The van der Waals surface area contributed by atoms with Crippen LogP contribution in [0.25, 0.3) is 0 Å². The van der Waals surface area contributed by atoms with E-state index in [0.29, 0.717) is 35.3 Å². The SMILES string of the molecule is CCN(CC)CCCN1C(=O)C2=C(C(=O)C3CC(C)CCC3O2)C1c1cc(OC)c(OC)c(OC)c1. The number of ketones is 1. The number of ether oxygens (including phenoxy) is 4. The standard InChI is InChI=1S/C28H40N2O6/c1-7-29(8-2)12-9-13-30-24(18-15-21(33-4)26(35-6)22(16-18)34-5)23-25(31)19-14-17(3)10-11-20(19)36-27(23)28(30)32/h15-17,19-20,24H,7-14H2,1-6H3. The van der Waals surface area contributed by atoms with Crippen LogP contribution in [-0.2, 0) is 14.3 Å². The van der Waals surface area contributed by atoms with Gasteiger partial charge in [0.1, 0.15) is 6.10 Å². The molecule has 36 heavy (non-hydrogen) atoms. The van der Waals surface area contributed by atoms with E-state index in [4.69, 9.17) is 18.9 Å². The highest BCUT2D eigenvalue weighted by molar-refractivity contribution is 6.11. The van der Waals surface area contributed by atoms with Crippen LogP contribution in [0.5, 0.6) is 17.2 Å². The molecule has 8 nitrogen and oxygen atoms in total. The summed E-state index contributed by atoms with van der Waals surface area (Å²) in [5.74, 6) is 1.79. The Kier molecular flexibility index (Phi) is 8.13. The number of amides is 1. The lowest BCUT2D eigenvalue weighted by Gasteiger charge is -2.37. The number of carbonyl (C=O) groups excluding carboxylic acids is 2. The smallest absolute Gasteiger partial charge is 0.290 e. The van der Waals surface area contributed by atoms with E-state index in [-0.39, 0.29) is 29.5 Å². The van der Waals surface area contributed by atoms with Gasteiger partial charge >= 0.3 is 0 Å². The van der Waals surface area contributed by atoms with Crippen LogP contribution >= 0.6 is 0 Å². The third-order valence-electron chi connectivity index (χ3n) is 7.98. The van der Waals surface area contributed by atoms with Gasteiger partial charge in [0.15, 0.2) is 23.0 Å². The van der Waals surface area contributed by atoms with Gasteiger partial charge in [-0.15, -0.1) is 0 Å². The zero-order valence-electron chi connectivity index (χ0n) is 22.5. The Bertz CT molecular complexity index is 992. The van der Waals surface area contributed by atoms with E-state index in [0.717, 1.165) is 50.9 Å².